The zero-order chi connectivity index (χ0) is 11.5. The van der Waals surface area contributed by atoms with Gasteiger partial charge in [0.2, 0.25) is 0 Å². The minimum Gasteiger partial charge on any atom is -0.392 e. The zero-order valence-corrected chi connectivity index (χ0v) is 9.75. The molecule has 0 aromatic heterocycles. The third-order valence-electron chi connectivity index (χ3n) is 2.89. The number of likely N-dealkylation sites (tertiary alicyclic amines) is 1. The molecule has 4 heteroatoms. The zero-order valence-electron chi connectivity index (χ0n) is 9.00. The van der Waals surface area contributed by atoms with Crippen molar-refractivity contribution in [2.24, 2.45) is 0 Å². The lowest BCUT2D eigenvalue weighted by atomic mass is 10.1. The van der Waals surface area contributed by atoms with Crippen LogP contribution in [0.1, 0.15) is 18.4 Å². The van der Waals surface area contributed by atoms with Crippen LogP contribution in [0, 0.1) is 5.82 Å². The minimum absolute atomic E-state index is 0.271. The van der Waals surface area contributed by atoms with Crippen molar-refractivity contribution in [3.8, 4) is 0 Å². The third kappa shape index (κ3) is 2.94. The van der Waals surface area contributed by atoms with Gasteiger partial charge in [-0.25, -0.2) is 4.39 Å². The maximum absolute atomic E-state index is 13.5. The van der Waals surface area contributed by atoms with Crippen molar-refractivity contribution in [3.63, 3.8) is 0 Å². The number of nitrogens with zero attached hydrogens (tertiary/aromatic N) is 1. The van der Waals surface area contributed by atoms with Crippen molar-refractivity contribution in [1.29, 1.82) is 0 Å². The Hall–Kier alpha value is -0.640. The molecule has 1 aromatic carbocycles. The Kier molecular flexibility index (Phi) is 3.79. The fourth-order valence-corrected chi connectivity index (χ4v) is 2.22. The van der Waals surface area contributed by atoms with Crippen molar-refractivity contribution < 1.29 is 9.50 Å². The number of hydrogen-bond donors (Lipinski definition) is 1. The van der Waals surface area contributed by atoms with Crippen LogP contribution in [0.25, 0.3) is 0 Å². The molecule has 1 atom stereocenters. The fraction of sp³-hybridized carbons (Fsp3) is 0.500. The van der Waals surface area contributed by atoms with Crippen LogP contribution in [0.4, 0.5) is 4.39 Å². The number of aliphatic hydroxyl groups excluding tert-OH is 1. The Morgan fingerprint density at radius 2 is 2.31 bits per heavy atom. The SMILES string of the molecule is OC1CCCN(Cc2ccc(Cl)cc2F)C1. The maximum Gasteiger partial charge on any atom is 0.129 e. The summed E-state index contributed by atoms with van der Waals surface area (Å²) in [6, 6.07) is 4.73. The Labute approximate surface area is 99.6 Å². The van der Waals surface area contributed by atoms with Gasteiger partial charge in [0.05, 0.1) is 6.10 Å². The summed E-state index contributed by atoms with van der Waals surface area (Å²) in [5.41, 5.74) is 0.638. The predicted molar refractivity (Wildman–Crippen MR) is 61.9 cm³/mol. The molecule has 1 unspecified atom stereocenters. The summed E-state index contributed by atoms with van der Waals surface area (Å²) in [7, 11) is 0. The van der Waals surface area contributed by atoms with E-state index in [4.69, 9.17) is 11.6 Å². The molecule has 2 rings (SSSR count). The Balaban J connectivity index is 2.02. The third-order valence-corrected chi connectivity index (χ3v) is 3.12. The van der Waals surface area contributed by atoms with E-state index in [9.17, 15) is 9.50 Å². The molecule has 1 N–H and O–H groups in total. The van der Waals surface area contributed by atoms with Gasteiger partial charge in [0.25, 0.3) is 0 Å². The Bertz CT molecular complexity index is 372. The van der Waals surface area contributed by atoms with Crippen molar-refractivity contribution in [2.45, 2.75) is 25.5 Å². The first-order valence-corrected chi connectivity index (χ1v) is 5.87. The van der Waals surface area contributed by atoms with E-state index in [2.05, 4.69) is 4.90 Å². The molecule has 1 heterocycles. The van der Waals surface area contributed by atoms with E-state index in [1.165, 1.54) is 6.07 Å². The number of aliphatic hydroxyl groups is 1. The van der Waals surface area contributed by atoms with Gasteiger partial charge >= 0.3 is 0 Å². The number of piperidine rings is 1. The molecule has 1 saturated heterocycles. The van der Waals surface area contributed by atoms with E-state index < -0.39 is 0 Å². The van der Waals surface area contributed by atoms with Gasteiger partial charge in [0.15, 0.2) is 0 Å². The minimum atomic E-state index is -0.274. The number of benzene rings is 1. The molecule has 2 nitrogen and oxygen atoms in total. The number of hydrogen-bond acceptors (Lipinski definition) is 2. The summed E-state index contributed by atoms with van der Waals surface area (Å²) < 4.78 is 13.5. The highest BCUT2D eigenvalue weighted by Crippen LogP contribution is 2.18. The van der Waals surface area contributed by atoms with Crippen molar-refractivity contribution in [2.75, 3.05) is 13.1 Å². The summed E-state index contributed by atoms with van der Waals surface area (Å²) in [5.74, 6) is -0.271. The van der Waals surface area contributed by atoms with E-state index in [0.717, 1.165) is 19.4 Å². The highest BCUT2D eigenvalue weighted by molar-refractivity contribution is 6.30. The van der Waals surface area contributed by atoms with E-state index in [0.29, 0.717) is 23.7 Å². The molecule has 0 amide bonds. The standard InChI is InChI=1S/C12H15ClFNO/c13-10-4-3-9(12(14)6-10)7-15-5-1-2-11(16)8-15/h3-4,6,11,16H,1-2,5,7-8H2. The molecule has 0 aliphatic carbocycles. The predicted octanol–water partition coefficient (Wildman–Crippen LogP) is 2.44. The largest absolute Gasteiger partial charge is 0.392 e. The van der Waals surface area contributed by atoms with E-state index >= 15 is 0 Å². The lowest BCUT2D eigenvalue weighted by Gasteiger charge is -2.30. The lowest BCUT2D eigenvalue weighted by Crippen LogP contribution is -2.37. The number of rotatable bonds is 2. The molecule has 1 aromatic rings. The summed E-state index contributed by atoms with van der Waals surface area (Å²) in [6.45, 7) is 2.08. The summed E-state index contributed by atoms with van der Waals surface area (Å²) in [6.07, 6.45) is 1.54. The van der Waals surface area contributed by atoms with Gasteiger partial charge in [-0.2, -0.15) is 0 Å². The van der Waals surface area contributed by atoms with Crippen molar-refractivity contribution in [1.82, 2.24) is 4.90 Å². The van der Waals surface area contributed by atoms with Crippen LogP contribution < -0.4 is 0 Å². The number of β-amino-alcohol motifs (C(OH)–C–C–N with tert-alkyl or cyclic N) is 1. The van der Waals surface area contributed by atoms with Gasteiger partial charge in [0, 0.05) is 23.7 Å². The highest BCUT2D eigenvalue weighted by atomic mass is 35.5. The van der Waals surface area contributed by atoms with Gasteiger partial charge in [-0.05, 0) is 31.5 Å². The van der Waals surface area contributed by atoms with Crippen LogP contribution in [-0.4, -0.2) is 29.2 Å². The number of halogens is 2. The molecular formula is C12H15ClFNO. The monoisotopic (exact) mass is 243 g/mol. The van der Waals surface area contributed by atoms with E-state index in [1.807, 2.05) is 0 Å². The average molecular weight is 244 g/mol. The van der Waals surface area contributed by atoms with Crippen molar-refractivity contribution >= 4 is 11.6 Å². The normalized spacial score (nSPS) is 22.3. The second-order valence-corrected chi connectivity index (χ2v) is 4.70. The molecule has 1 aliphatic rings. The Morgan fingerprint density at radius 3 is 3.00 bits per heavy atom. The topological polar surface area (TPSA) is 23.5 Å². The van der Waals surface area contributed by atoms with Gasteiger partial charge in [-0.1, -0.05) is 17.7 Å². The van der Waals surface area contributed by atoms with Crippen LogP contribution >= 0.6 is 11.6 Å². The molecule has 0 saturated carbocycles. The first kappa shape index (κ1) is 11.8. The van der Waals surface area contributed by atoms with E-state index in [1.54, 1.807) is 12.1 Å². The molecule has 1 aliphatic heterocycles. The van der Waals surface area contributed by atoms with Crippen LogP contribution in [0.3, 0.4) is 0 Å². The smallest absolute Gasteiger partial charge is 0.129 e. The second-order valence-electron chi connectivity index (χ2n) is 4.27. The quantitative estimate of drug-likeness (QED) is 0.863. The van der Waals surface area contributed by atoms with Gasteiger partial charge in [0.1, 0.15) is 5.82 Å². The van der Waals surface area contributed by atoms with Gasteiger partial charge < -0.3 is 5.11 Å². The highest BCUT2D eigenvalue weighted by Gasteiger charge is 2.18. The molecule has 88 valence electrons. The molecule has 0 radical (unpaired) electrons. The Morgan fingerprint density at radius 1 is 1.50 bits per heavy atom. The summed E-state index contributed by atoms with van der Waals surface area (Å²) in [4.78, 5) is 2.07. The second kappa shape index (κ2) is 5.13. The first-order valence-electron chi connectivity index (χ1n) is 5.49. The van der Waals surface area contributed by atoms with E-state index in [-0.39, 0.29) is 11.9 Å². The molecule has 0 spiro atoms. The van der Waals surface area contributed by atoms with Crippen LogP contribution in [0.5, 0.6) is 0 Å². The van der Waals surface area contributed by atoms with Crippen molar-refractivity contribution in [3.05, 3.63) is 34.6 Å². The molecule has 1 fully saturated rings. The van der Waals surface area contributed by atoms with Crippen LogP contribution in [-0.2, 0) is 6.54 Å². The fourth-order valence-electron chi connectivity index (χ4n) is 2.07. The lowest BCUT2D eigenvalue weighted by molar-refractivity contribution is 0.0663. The average Bonchev–Trinajstić information content (AvgIpc) is 2.22. The summed E-state index contributed by atoms with van der Waals surface area (Å²) >= 11 is 5.69. The van der Waals surface area contributed by atoms with Gasteiger partial charge in [-0.3, -0.25) is 4.90 Å². The maximum atomic E-state index is 13.5. The summed E-state index contributed by atoms with van der Waals surface area (Å²) in [5, 5.41) is 9.93. The van der Waals surface area contributed by atoms with Gasteiger partial charge in [-0.15, -0.1) is 0 Å². The molecular weight excluding hydrogens is 229 g/mol. The van der Waals surface area contributed by atoms with Crippen LogP contribution in [0.15, 0.2) is 18.2 Å². The van der Waals surface area contributed by atoms with Crippen LogP contribution in [0.2, 0.25) is 5.02 Å². The molecule has 16 heavy (non-hydrogen) atoms. The first-order chi connectivity index (χ1) is 7.65. The molecule has 0 bridgehead atoms.